The third-order valence-corrected chi connectivity index (χ3v) is 2.16. The van der Waals surface area contributed by atoms with E-state index in [4.69, 9.17) is 5.73 Å². The van der Waals surface area contributed by atoms with Crippen molar-refractivity contribution in [2.45, 2.75) is 26.2 Å². The summed E-state index contributed by atoms with van der Waals surface area (Å²) >= 11 is 0. The summed E-state index contributed by atoms with van der Waals surface area (Å²) in [7, 11) is 0. The molecule has 0 fully saturated rings. The Morgan fingerprint density at radius 1 is 1.60 bits per heavy atom. The average molecular weight is 207 g/mol. The number of nitrogens with one attached hydrogen (secondary N) is 1. The summed E-state index contributed by atoms with van der Waals surface area (Å²) in [6.07, 6.45) is 2.92. The summed E-state index contributed by atoms with van der Waals surface area (Å²) in [5.74, 6) is 1.43. The summed E-state index contributed by atoms with van der Waals surface area (Å²) in [6.45, 7) is 2.10. The molecule has 0 unspecified atom stereocenters. The second kappa shape index (κ2) is 3.72. The minimum atomic E-state index is -0.255. The highest BCUT2D eigenvalue weighted by molar-refractivity contribution is 5.38. The highest BCUT2D eigenvalue weighted by Gasteiger charge is 2.06. The first-order valence-corrected chi connectivity index (χ1v) is 4.95. The van der Waals surface area contributed by atoms with Crippen molar-refractivity contribution in [2.24, 2.45) is 0 Å². The second-order valence-electron chi connectivity index (χ2n) is 3.43. The number of aromatic amines is 1. The van der Waals surface area contributed by atoms with Gasteiger partial charge in [0.25, 0.3) is 5.56 Å². The van der Waals surface area contributed by atoms with E-state index < -0.39 is 0 Å². The van der Waals surface area contributed by atoms with Crippen LogP contribution in [0.4, 0.5) is 5.82 Å². The van der Waals surface area contributed by atoms with Gasteiger partial charge in [0, 0.05) is 12.5 Å². The molecule has 0 aromatic carbocycles. The molecule has 0 bridgehead atoms. The van der Waals surface area contributed by atoms with E-state index in [9.17, 15) is 4.79 Å². The summed E-state index contributed by atoms with van der Waals surface area (Å²) < 4.78 is 1.45. The van der Waals surface area contributed by atoms with Crippen LogP contribution in [0.3, 0.4) is 0 Å². The van der Waals surface area contributed by atoms with Gasteiger partial charge in [0.1, 0.15) is 5.82 Å². The average Bonchev–Trinajstić information content (AvgIpc) is 2.57. The first-order chi connectivity index (χ1) is 7.20. The topological polar surface area (TPSA) is 89.1 Å². The predicted octanol–water partition coefficient (Wildman–Crippen LogP) is 0.342. The summed E-state index contributed by atoms with van der Waals surface area (Å²) in [6, 6.07) is 1.30. The van der Waals surface area contributed by atoms with Gasteiger partial charge in [-0.1, -0.05) is 13.3 Å². The number of aromatic nitrogens is 4. The lowest BCUT2D eigenvalue weighted by atomic mass is 10.2. The normalized spacial score (nSPS) is 11.0. The van der Waals surface area contributed by atoms with Gasteiger partial charge in [0.05, 0.1) is 0 Å². The van der Waals surface area contributed by atoms with Gasteiger partial charge in [-0.05, 0) is 6.42 Å². The molecule has 6 nitrogen and oxygen atoms in total. The van der Waals surface area contributed by atoms with Gasteiger partial charge >= 0.3 is 0 Å². The van der Waals surface area contributed by atoms with Gasteiger partial charge in [-0.15, -0.1) is 5.10 Å². The molecule has 2 aromatic heterocycles. The first-order valence-electron chi connectivity index (χ1n) is 4.95. The van der Waals surface area contributed by atoms with Gasteiger partial charge in [-0.25, -0.2) is 0 Å². The zero-order chi connectivity index (χ0) is 10.8. The highest BCUT2D eigenvalue weighted by Crippen LogP contribution is 2.04. The van der Waals surface area contributed by atoms with E-state index in [1.54, 1.807) is 0 Å². The van der Waals surface area contributed by atoms with Crippen LogP contribution in [0, 0.1) is 0 Å². The van der Waals surface area contributed by atoms with Crippen molar-refractivity contribution in [3.05, 3.63) is 22.2 Å². The smallest absolute Gasteiger partial charge is 0.254 e. The Balaban J connectivity index is 2.46. The van der Waals surface area contributed by atoms with Gasteiger partial charge in [0.15, 0.2) is 5.82 Å². The first kappa shape index (κ1) is 9.70. The third-order valence-electron chi connectivity index (χ3n) is 2.16. The number of fused-ring (bicyclic) bond motifs is 1. The molecule has 2 rings (SSSR count). The predicted molar refractivity (Wildman–Crippen MR) is 56.6 cm³/mol. The minimum Gasteiger partial charge on any atom is -0.383 e. The monoisotopic (exact) mass is 207 g/mol. The molecule has 0 aliphatic rings. The molecule has 0 saturated heterocycles. The molecule has 6 heteroatoms. The van der Waals surface area contributed by atoms with E-state index in [2.05, 4.69) is 22.0 Å². The lowest BCUT2D eigenvalue weighted by molar-refractivity contribution is 0.749. The Labute approximate surface area is 86.1 Å². The number of rotatable bonds is 3. The van der Waals surface area contributed by atoms with Gasteiger partial charge in [-0.3, -0.25) is 9.78 Å². The molecule has 0 saturated carbocycles. The molecule has 0 spiro atoms. The van der Waals surface area contributed by atoms with Crippen LogP contribution in [0.1, 0.15) is 25.6 Å². The Bertz CT molecular complexity index is 527. The molecule has 0 radical (unpaired) electrons. The van der Waals surface area contributed by atoms with E-state index in [0.29, 0.717) is 17.4 Å². The van der Waals surface area contributed by atoms with Crippen molar-refractivity contribution in [1.82, 2.24) is 19.6 Å². The van der Waals surface area contributed by atoms with Crippen LogP contribution in [0.2, 0.25) is 0 Å². The molecule has 2 aromatic rings. The van der Waals surface area contributed by atoms with Crippen molar-refractivity contribution in [3.63, 3.8) is 0 Å². The van der Waals surface area contributed by atoms with Crippen molar-refractivity contribution in [2.75, 3.05) is 5.73 Å². The second-order valence-corrected chi connectivity index (χ2v) is 3.43. The zero-order valence-electron chi connectivity index (χ0n) is 8.53. The number of hydrogen-bond acceptors (Lipinski definition) is 4. The van der Waals surface area contributed by atoms with Gasteiger partial charge in [-0.2, -0.15) is 9.50 Å². The standard InChI is InChI=1S/C9H13N5O/c1-2-3-4-7-11-9-12-8(15)5-6(10)14(9)13-7/h5H,2-4,10H2,1H3,(H,11,12,13,15). The van der Waals surface area contributed by atoms with E-state index in [-0.39, 0.29) is 5.56 Å². The lowest BCUT2D eigenvalue weighted by Gasteiger charge is -1.93. The maximum absolute atomic E-state index is 11.1. The van der Waals surface area contributed by atoms with Crippen molar-refractivity contribution >= 4 is 11.6 Å². The van der Waals surface area contributed by atoms with Crippen LogP contribution in [-0.4, -0.2) is 19.6 Å². The van der Waals surface area contributed by atoms with E-state index in [1.807, 2.05) is 0 Å². The van der Waals surface area contributed by atoms with Crippen LogP contribution >= 0.6 is 0 Å². The number of anilines is 1. The Kier molecular flexibility index (Phi) is 2.40. The third kappa shape index (κ3) is 1.83. The van der Waals surface area contributed by atoms with E-state index in [0.717, 1.165) is 19.3 Å². The Morgan fingerprint density at radius 2 is 2.40 bits per heavy atom. The molecule has 0 aliphatic carbocycles. The molecule has 0 atom stereocenters. The van der Waals surface area contributed by atoms with Crippen molar-refractivity contribution in [1.29, 1.82) is 0 Å². The Morgan fingerprint density at radius 3 is 3.13 bits per heavy atom. The van der Waals surface area contributed by atoms with Gasteiger partial charge in [0.2, 0.25) is 5.78 Å². The Hall–Kier alpha value is -1.85. The zero-order valence-corrected chi connectivity index (χ0v) is 8.53. The lowest BCUT2D eigenvalue weighted by Crippen LogP contribution is -2.11. The number of hydrogen-bond donors (Lipinski definition) is 2. The van der Waals surface area contributed by atoms with Gasteiger partial charge < -0.3 is 5.73 Å². The van der Waals surface area contributed by atoms with Crippen LogP contribution in [-0.2, 0) is 6.42 Å². The van der Waals surface area contributed by atoms with E-state index in [1.165, 1.54) is 10.6 Å². The SMILES string of the molecule is CCCCc1nc2[nH]c(=O)cc(N)n2n1. The molecular formula is C9H13N5O. The van der Waals surface area contributed by atoms with Crippen LogP contribution in [0.5, 0.6) is 0 Å². The number of aryl methyl sites for hydroxylation is 1. The quantitative estimate of drug-likeness (QED) is 0.759. The molecule has 3 N–H and O–H groups in total. The number of nitrogen functional groups attached to an aromatic ring is 1. The fraction of sp³-hybridized carbons (Fsp3) is 0.444. The molecule has 0 aliphatic heterocycles. The summed E-state index contributed by atoms with van der Waals surface area (Å²) in [5.41, 5.74) is 5.38. The fourth-order valence-electron chi connectivity index (χ4n) is 1.40. The van der Waals surface area contributed by atoms with Crippen molar-refractivity contribution in [3.8, 4) is 0 Å². The number of H-pyrrole nitrogens is 1. The largest absolute Gasteiger partial charge is 0.383 e. The molecule has 80 valence electrons. The molecule has 0 amide bonds. The number of nitrogens with zero attached hydrogens (tertiary/aromatic N) is 3. The number of unbranched alkanes of at least 4 members (excludes halogenated alkanes) is 1. The number of nitrogens with two attached hydrogens (primary N) is 1. The summed E-state index contributed by atoms with van der Waals surface area (Å²) in [5, 5.41) is 4.20. The maximum Gasteiger partial charge on any atom is 0.254 e. The highest BCUT2D eigenvalue weighted by atomic mass is 16.1. The van der Waals surface area contributed by atoms with Crippen molar-refractivity contribution < 1.29 is 0 Å². The fourth-order valence-corrected chi connectivity index (χ4v) is 1.40. The van der Waals surface area contributed by atoms with E-state index >= 15 is 0 Å². The summed E-state index contributed by atoms with van der Waals surface area (Å²) in [4.78, 5) is 17.9. The molecular weight excluding hydrogens is 194 g/mol. The minimum absolute atomic E-state index is 0.255. The van der Waals surface area contributed by atoms with Crippen LogP contribution < -0.4 is 11.3 Å². The van der Waals surface area contributed by atoms with Crippen LogP contribution in [0.25, 0.3) is 5.78 Å². The molecule has 2 heterocycles. The maximum atomic E-state index is 11.1. The van der Waals surface area contributed by atoms with Crippen LogP contribution in [0.15, 0.2) is 10.9 Å². The molecule has 15 heavy (non-hydrogen) atoms.